The van der Waals surface area contributed by atoms with Gasteiger partial charge in [-0.25, -0.2) is 9.37 Å². The molecule has 1 saturated heterocycles. The van der Waals surface area contributed by atoms with Crippen LogP contribution in [0.2, 0.25) is 0 Å². The number of thiazole rings is 1. The molecule has 0 spiro atoms. The highest BCUT2D eigenvalue weighted by molar-refractivity contribution is 7.17. The molecular formula is C19H24FN4OS+. The summed E-state index contributed by atoms with van der Waals surface area (Å²) in [4.78, 5) is 7.23. The van der Waals surface area contributed by atoms with Crippen LogP contribution in [0.1, 0.15) is 42.6 Å². The van der Waals surface area contributed by atoms with Crippen molar-refractivity contribution in [3.8, 4) is 5.88 Å². The summed E-state index contributed by atoms with van der Waals surface area (Å²) >= 11 is 1.45. The van der Waals surface area contributed by atoms with Crippen molar-refractivity contribution in [2.24, 2.45) is 11.8 Å². The fraction of sp³-hybridized carbons (Fsp3) is 0.474. The van der Waals surface area contributed by atoms with Gasteiger partial charge in [-0.2, -0.15) is 4.52 Å². The fourth-order valence-corrected chi connectivity index (χ4v) is 5.55. The number of nitrogens with one attached hydrogen (secondary N) is 1. The first kappa shape index (κ1) is 17.4. The summed E-state index contributed by atoms with van der Waals surface area (Å²) in [6.07, 6.45) is 1.21. The molecule has 4 atom stereocenters. The minimum atomic E-state index is -0.250. The minimum absolute atomic E-state index is 0.121. The molecule has 0 saturated carbocycles. The molecule has 138 valence electrons. The number of hydrogen-bond donors (Lipinski definition) is 2. The highest BCUT2D eigenvalue weighted by Crippen LogP contribution is 2.35. The van der Waals surface area contributed by atoms with Crippen LogP contribution in [-0.2, 0) is 0 Å². The molecule has 3 aromatic rings. The standard InChI is InChI=1S/C19H23FN4OS/c1-11-7-12(2)10-23(9-11)16(14-5-4-6-15(20)8-14)17-18(25)24-19(26-17)21-13(3)22-24/h4-6,8,11-12,16,25H,7,9-10H2,1-3H3/p+1/t11-,12+,16-/m1/s1. The van der Waals surface area contributed by atoms with Crippen molar-refractivity contribution < 1.29 is 14.4 Å². The maximum Gasteiger partial charge on any atom is 0.235 e. The van der Waals surface area contributed by atoms with Crippen molar-refractivity contribution >= 4 is 16.3 Å². The second kappa shape index (κ2) is 6.63. The normalized spacial score (nSPS) is 24.8. The van der Waals surface area contributed by atoms with E-state index in [2.05, 4.69) is 23.9 Å². The molecular weight excluding hydrogens is 351 g/mol. The quantitative estimate of drug-likeness (QED) is 0.740. The lowest BCUT2D eigenvalue weighted by molar-refractivity contribution is -0.936. The molecule has 1 aliphatic rings. The van der Waals surface area contributed by atoms with Crippen molar-refractivity contribution in [2.45, 2.75) is 33.2 Å². The van der Waals surface area contributed by atoms with Gasteiger partial charge in [0.15, 0.2) is 6.04 Å². The number of piperidine rings is 1. The Kier molecular flexibility index (Phi) is 4.44. The molecule has 7 heteroatoms. The van der Waals surface area contributed by atoms with Crippen molar-refractivity contribution in [1.82, 2.24) is 14.6 Å². The number of benzene rings is 1. The molecule has 5 nitrogen and oxygen atoms in total. The van der Waals surface area contributed by atoms with Gasteiger partial charge in [0.05, 0.1) is 13.1 Å². The van der Waals surface area contributed by atoms with Crippen LogP contribution in [0.15, 0.2) is 24.3 Å². The molecule has 1 aromatic carbocycles. The van der Waals surface area contributed by atoms with E-state index in [-0.39, 0.29) is 17.7 Å². The molecule has 0 amide bonds. The van der Waals surface area contributed by atoms with E-state index in [1.165, 1.54) is 33.2 Å². The number of quaternary nitrogens is 1. The van der Waals surface area contributed by atoms with E-state index >= 15 is 0 Å². The Labute approximate surface area is 156 Å². The van der Waals surface area contributed by atoms with Crippen molar-refractivity contribution in [3.05, 3.63) is 46.3 Å². The second-order valence-corrected chi connectivity index (χ2v) is 8.65. The van der Waals surface area contributed by atoms with Gasteiger partial charge in [0.1, 0.15) is 16.5 Å². The lowest BCUT2D eigenvalue weighted by Crippen LogP contribution is -3.14. The third-order valence-corrected chi connectivity index (χ3v) is 6.27. The van der Waals surface area contributed by atoms with E-state index in [0.717, 1.165) is 23.5 Å². The van der Waals surface area contributed by atoms with Crippen LogP contribution in [0.5, 0.6) is 5.88 Å². The van der Waals surface area contributed by atoms with E-state index < -0.39 is 0 Å². The first-order chi connectivity index (χ1) is 12.4. The molecule has 1 aliphatic heterocycles. The van der Waals surface area contributed by atoms with Gasteiger partial charge < -0.3 is 10.0 Å². The summed E-state index contributed by atoms with van der Waals surface area (Å²) < 4.78 is 15.5. The number of nitrogens with zero attached hydrogens (tertiary/aromatic N) is 3. The Morgan fingerprint density at radius 2 is 2.04 bits per heavy atom. The number of aromatic hydroxyl groups is 1. The summed E-state index contributed by atoms with van der Waals surface area (Å²) in [7, 11) is 0. The highest BCUT2D eigenvalue weighted by Gasteiger charge is 2.37. The molecule has 1 unspecified atom stereocenters. The molecule has 2 N–H and O–H groups in total. The number of fused-ring (bicyclic) bond motifs is 1. The summed E-state index contributed by atoms with van der Waals surface area (Å²) in [6, 6.07) is 6.62. The van der Waals surface area contributed by atoms with Crippen LogP contribution in [0.3, 0.4) is 0 Å². The van der Waals surface area contributed by atoms with Crippen LogP contribution in [-0.4, -0.2) is 32.8 Å². The number of likely N-dealkylation sites (tertiary alicyclic amines) is 1. The first-order valence-electron chi connectivity index (χ1n) is 9.07. The van der Waals surface area contributed by atoms with Crippen LogP contribution in [0.25, 0.3) is 4.96 Å². The van der Waals surface area contributed by atoms with Crippen LogP contribution >= 0.6 is 11.3 Å². The molecule has 0 radical (unpaired) electrons. The molecule has 26 heavy (non-hydrogen) atoms. The Bertz CT molecular complexity index is 927. The van der Waals surface area contributed by atoms with E-state index in [1.54, 1.807) is 12.1 Å². The predicted molar refractivity (Wildman–Crippen MR) is 99.2 cm³/mol. The molecule has 0 bridgehead atoms. The number of hydrogen-bond acceptors (Lipinski definition) is 4. The van der Waals surface area contributed by atoms with Crippen LogP contribution in [0, 0.1) is 24.6 Å². The summed E-state index contributed by atoms with van der Waals surface area (Å²) in [5.74, 6) is 1.69. The predicted octanol–water partition coefficient (Wildman–Crippen LogP) is 2.59. The van der Waals surface area contributed by atoms with Crippen molar-refractivity contribution in [2.75, 3.05) is 13.1 Å². The summed E-state index contributed by atoms with van der Waals surface area (Å²) in [6.45, 7) is 8.34. The zero-order chi connectivity index (χ0) is 18.4. The van der Waals surface area contributed by atoms with Crippen LogP contribution in [0.4, 0.5) is 4.39 Å². The average molecular weight is 375 g/mol. The largest absolute Gasteiger partial charge is 0.492 e. The topological polar surface area (TPSA) is 54.9 Å². The Morgan fingerprint density at radius 3 is 2.69 bits per heavy atom. The highest BCUT2D eigenvalue weighted by atomic mass is 32.1. The first-order valence-corrected chi connectivity index (χ1v) is 9.89. The average Bonchev–Trinajstić information content (AvgIpc) is 3.05. The van der Waals surface area contributed by atoms with Gasteiger partial charge in [0, 0.05) is 17.4 Å². The van der Waals surface area contributed by atoms with Gasteiger partial charge in [-0.1, -0.05) is 37.3 Å². The molecule has 3 heterocycles. The zero-order valence-electron chi connectivity index (χ0n) is 15.2. The number of rotatable bonds is 3. The molecule has 1 fully saturated rings. The summed E-state index contributed by atoms with van der Waals surface area (Å²) in [5, 5.41) is 15.1. The van der Waals surface area contributed by atoms with Gasteiger partial charge in [0.2, 0.25) is 10.8 Å². The second-order valence-electron chi connectivity index (χ2n) is 7.64. The van der Waals surface area contributed by atoms with Gasteiger partial charge in [-0.05, 0) is 25.5 Å². The smallest absolute Gasteiger partial charge is 0.235 e. The molecule has 0 aliphatic carbocycles. The Morgan fingerprint density at radius 1 is 1.31 bits per heavy atom. The zero-order valence-corrected chi connectivity index (χ0v) is 16.1. The monoisotopic (exact) mass is 375 g/mol. The third kappa shape index (κ3) is 3.10. The summed E-state index contributed by atoms with van der Waals surface area (Å²) in [5.41, 5.74) is 0.887. The maximum atomic E-state index is 14.0. The lowest BCUT2D eigenvalue weighted by atomic mass is 9.89. The van der Waals surface area contributed by atoms with E-state index in [0.29, 0.717) is 22.6 Å². The SMILES string of the molecule is Cc1nc2sc([C@@H](c3cccc(F)c3)[NH+]3C[C@H](C)C[C@H](C)C3)c(O)n2n1. The van der Waals surface area contributed by atoms with E-state index in [9.17, 15) is 9.50 Å². The molecule has 4 rings (SSSR count). The Balaban J connectivity index is 1.84. The molecule has 2 aromatic heterocycles. The van der Waals surface area contributed by atoms with Gasteiger partial charge >= 0.3 is 0 Å². The number of halogens is 1. The lowest BCUT2D eigenvalue weighted by Gasteiger charge is -2.37. The van der Waals surface area contributed by atoms with Crippen LogP contribution < -0.4 is 4.90 Å². The fourth-order valence-electron chi connectivity index (χ4n) is 4.36. The van der Waals surface area contributed by atoms with E-state index in [4.69, 9.17) is 0 Å². The van der Waals surface area contributed by atoms with Gasteiger partial charge in [-0.3, -0.25) is 0 Å². The van der Waals surface area contributed by atoms with E-state index in [1.807, 2.05) is 13.0 Å². The maximum absolute atomic E-state index is 14.0. The Hall–Kier alpha value is -1.99. The number of aryl methyl sites for hydroxylation is 1. The third-order valence-electron chi connectivity index (χ3n) is 5.18. The van der Waals surface area contributed by atoms with Gasteiger partial charge in [0.25, 0.3) is 0 Å². The number of aromatic nitrogens is 3. The van der Waals surface area contributed by atoms with Crippen molar-refractivity contribution in [1.29, 1.82) is 0 Å². The van der Waals surface area contributed by atoms with Crippen molar-refractivity contribution in [3.63, 3.8) is 0 Å². The minimum Gasteiger partial charge on any atom is -0.492 e. The van der Waals surface area contributed by atoms with Gasteiger partial charge in [-0.15, -0.1) is 5.10 Å².